The lowest BCUT2D eigenvalue weighted by atomic mass is 10.1. The molecule has 1 aromatic rings. The number of fused-ring (bicyclic) bond motifs is 1. The van der Waals surface area contributed by atoms with Crippen molar-refractivity contribution in [2.75, 3.05) is 13.1 Å². The number of hydrogen-bond acceptors (Lipinski definition) is 5. The van der Waals surface area contributed by atoms with Gasteiger partial charge in [-0.15, -0.1) is 0 Å². The second-order valence-corrected chi connectivity index (χ2v) is 6.00. The molecule has 2 unspecified atom stereocenters. The van der Waals surface area contributed by atoms with E-state index in [1.54, 1.807) is 24.3 Å². The molecule has 0 aromatic heterocycles. The fraction of sp³-hybridized carbons (Fsp3) is 0.438. The Labute approximate surface area is 138 Å². The van der Waals surface area contributed by atoms with Gasteiger partial charge in [-0.25, -0.2) is 0 Å². The first kappa shape index (κ1) is 16.1. The standard InChI is InChI=1S/C16H17N3O5/c20-14(12-9-13(12)19(23)24)17-7-3-4-8-18-15(21)10-5-1-2-6-11(10)16(18)22/h1-2,5-6,12-13H,3-4,7-9H2,(H,17,20). The van der Waals surface area contributed by atoms with E-state index in [1.165, 1.54) is 4.90 Å². The maximum Gasteiger partial charge on any atom is 0.261 e. The highest BCUT2D eigenvalue weighted by molar-refractivity contribution is 6.21. The summed E-state index contributed by atoms with van der Waals surface area (Å²) in [5, 5.41) is 13.2. The summed E-state index contributed by atoms with van der Waals surface area (Å²) in [5.41, 5.74) is 0.853. The molecule has 0 bridgehead atoms. The van der Waals surface area contributed by atoms with Gasteiger partial charge in [0.2, 0.25) is 11.9 Å². The molecule has 3 rings (SSSR count). The molecule has 8 nitrogen and oxygen atoms in total. The second-order valence-electron chi connectivity index (χ2n) is 6.00. The van der Waals surface area contributed by atoms with Crippen molar-refractivity contribution in [3.63, 3.8) is 0 Å². The molecule has 2 aliphatic rings. The lowest BCUT2D eigenvalue weighted by Gasteiger charge is -2.13. The summed E-state index contributed by atoms with van der Waals surface area (Å²) >= 11 is 0. The van der Waals surface area contributed by atoms with E-state index in [0.717, 1.165) is 0 Å². The monoisotopic (exact) mass is 331 g/mol. The number of imide groups is 1. The molecule has 0 radical (unpaired) electrons. The number of carbonyl (C=O) groups is 3. The van der Waals surface area contributed by atoms with E-state index in [9.17, 15) is 24.5 Å². The first-order valence-corrected chi connectivity index (χ1v) is 7.87. The average Bonchev–Trinajstić information content (AvgIpc) is 3.34. The first-order chi connectivity index (χ1) is 11.5. The Balaban J connectivity index is 1.39. The van der Waals surface area contributed by atoms with Crippen LogP contribution in [-0.2, 0) is 4.79 Å². The summed E-state index contributed by atoms with van der Waals surface area (Å²) < 4.78 is 0. The van der Waals surface area contributed by atoms with Gasteiger partial charge in [0.25, 0.3) is 11.8 Å². The molecule has 1 aromatic carbocycles. The van der Waals surface area contributed by atoms with Gasteiger partial charge in [-0.1, -0.05) is 12.1 Å². The van der Waals surface area contributed by atoms with Crippen molar-refractivity contribution in [1.82, 2.24) is 10.2 Å². The predicted octanol–water partition coefficient (Wildman–Crippen LogP) is 0.844. The van der Waals surface area contributed by atoms with Gasteiger partial charge in [0.1, 0.15) is 5.92 Å². The Morgan fingerprint density at radius 3 is 2.38 bits per heavy atom. The topological polar surface area (TPSA) is 110 Å². The van der Waals surface area contributed by atoms with E-state index < -0.39 is 16.9 Å². The Hall–Kier alpha value is -2.77. The number of nitro groups is 1. The van der Waals surface area contributed by atoms with E-state index in [0.29, 0.717) is 43.5 Å². The average molecular weight is 331 g/mol. The van der Waals surface area contributed by atoms with Crippen molar-refractivity contribution < 1.29 is 19.3 Å². The predicted molar refractivity (Wildman–Crippen MR) is 82.9 cm³/mol. The Kier molecular flexibility index (Phi) is 4.28. The molecule has 1 aliphatic carbocycles. The van der Waals surface area contributed by atoms with Gasteiger partial charge >= 0.3 is 0 Å². The summed E-state index contributed by atoms with van der Waals surface area (Å²) in [6, 6.07) is 5.97. The molecule has 3 amide bonds. The van der Waals surface area contributed by atoms with E-state index in [4.69, 9.17) is 0 Å². The van der Waals surface area contributed by atoms with Crippen LogP contribution in [0.3, 0.4) is 0 Å². The molecule has 0 spiro atoms. The summed E-state index contributed by atoms with van der Waals surface area (Å²) in [6.07, 6.45) is 1.46. The summed E-state index contributed by atoms with van der Waals surface area (Å²) in [5.74, 6) is -1.38. The molecular weight excluding hydrogens is 314 g/mol. The molecule has 0 saturated heterocycles. The zero-order valence-corrected chi connectivity index (χ0v) is 12.9. The fourth-order valence-electron chi connectivity index (χ4n) is 2.88. The third kappa shape index (κ3) is 2.99. The Bertz CT molecular complexity index is 682. The number of nitrogens with one attached hydrogen (secondary N) is 1. The van der Waals surface area contributed by atoms with Crippen molar-refractivity contribution in [2.24, 2.45) is 5.92 Å². The molecule has 1 fully saturated rings. The highest BCUT2D eigenvalue weighted by atomic mass is 16.6. The van der Waals surface area contributed by atoms with Gasteiger partial charge in [0.15, 0.2) is 0 Å². The molecule has 1 N–H and O–H groups in total. The van der Waals surface area contributed by atoms with Crippen molar-refractivity contribution in [3.8, 4) is 0 Å². The molecule has 1 aliphatic heterocycles. The lowest BCUT2D eigenvalue weighted by molar-refractivity contribution is -0.497. The quantitative estimate of drug-likeness (QED) is 0.345. The van der Waals surface area contributed by atoms with Crippen LogP contribution < -0.4 is 5.32 Å². The largest absolute Gasteiger partial charge is 0.356 e. The molecule has 1 heterocycles. The molecule has 1 saturated carbocycles. The highest BCUT2D eigenvalue weighted by Gasteiger charge is 2.53. The fourth-order valence-corrected chi connectivity index (χ4v) is 2.88. The van der Waals surface area contributed by atoms with Crippen LogP contribution in [0.5, 0.6) is 0 Å². The Morgan fingerprint density at radius 1 is 1.21 bits per heavy atom. The van der Waals surface area contributed by atoms with Crippen molar-refractivity contribution in [3.05, 3.63) is 45.5 Å². The number of hydrogen-bond donors (Lipinski definition) is 1. The smallest absolute Gasteiger partial charge is 0.261 e. The zero-order chi connectivity index (χ0) is 17.3. The number of carbonyl (C=O) groups excluding carboxylic acids is 3. The molecular formula is C16H17N3O5. The van der Waals surface area contributed by atoms with Gasteiger partial charge in [0.05, 0.1) is 11.1 Å². The van der Waals surface area contributed by atoms with Gasteiger partial charge in [-0.3, -0.25) is 29.4 Å². The SMILES string of the molecule is O=C(NCCCCN1C(=O)c2ccccc2C1=O)C1CC1[N+](=O)[O-]. The van der Waals surface area contributed by atoms with Gasteiger partial charge in [-0.05, 0) is 25.0 Å². The van der Waals surface area contributed by atoms with Crippen LogP contribution in [0.15, 0.2) is 24.3 Å². The van der Waals surface area contributed by atoms with Crippen LogP contribution in [0.2, 0.25) is 0 Å². The van der Waals surface area contributed by atoms with Crippen LogP contribution in [0.4, 0.5) is 0 Å². The number of amides is 3. The van der Waals surface area contributed by atoms with Crippen molar-refractivity contribution in [1.29, 1.82) is 0 Å². The zero-order valence-electron chi connectivity index (χ0n) is 12.9. The van der Waals surface area contributed by atoms with Crippen LogP contribution in [0.1, 0.15) is 40.0 Å². The van der Waals surface area contributed by atoms with Crippen molar-refractivity contribution in [2.45, 2.75) is 25.3 Å². The minimum absolute atomic E-state index is 0.286. The summed E-state index contributed by atoms with van der Waals surface area (Å²) in [6.45, 7) is 0.673. The highest BCUT2D eigenvalue weighted by Crippen LogP contribution is 2.32. The minimum Gasteiger partial charge on any atom is -0.356 e. The van der Waals surface area contributed by atoms with Gasteiger partial charge in [0, 0.05) is 24.4 Å². The Morgan fingerprint density at radius 2 is 1.83 bits per heavy atom. The summed E-state index contributed by atoms with van der Waals surface area (Å²) in [4.78, 5) is 47.3. The van der Waals surface area contributed by atoms with Crippen LogP contribution in [0.25, 0.3) is 0 Å². The number of benzene rings is 1. The minimum atomic E-state index is -0.747. The maximum atomic E-state index is 12.1. The van der Waals surface area contributed by atoms with Crippen LogP contribution in [0, 0.1) is 16.0 Å². The lowest BCUT2D eigenvalue weighted by Crippen LogP contribution is -2.32. The second kappa shape index (κ2) is 6.38. The molecule has 8 heteroatoms. The van der Waals surface area contributed by atoms with E-state index in [2.05, 4.69) is 5.32 Å². The van der Waals surface area contributed by atoms with E-state index in [-0.39, 0.29) is 17.7 Å². The number of nitrogens with zero attached hydrogens (tertiary/aromatic N) is 2. The van der Waals surface area contributed by atoms with Crippen LogP contribution in [-0.4, -0.2) is 46.7 Å². The number of rotatable bonds is 7. The van der Waals surface area contributed by atoms with E-state index in [1.807, 2.05) is 0 Å². The number of unbranched alkanes of at least 4 members (excludes halogenated alkanes) is 1. The van der Waals surface area contributed by atoms with Crippen LogP contribution >= 0.6 is 0 Å². The van der Waals surface area contributed by atoms with Gasteiger partial charge in [-0.2, -0.15) is 0 Å². The van der Waals surface area contributed by atoms with Gasteiger partial charge < -0.3 is 5.32 Å². The first-order valence-electron chi connectivity index (χ1n) is 7.87. The van der Waals surface area contributed by atoms with Crippen molar-refractivity contribution >= 4 is 17.7 Å². The normalized spacial score (nSPS) is 21.6. The maximum absolute atomic E-state index is 12.1. The third-order valence-electron chi connectivity index (χ3n) is 4.35. The third-order valence-corrected chi connectivity index (χ3v) is 4.35. The molecule has 2 atom stereocenters. The summed E-state index contributed by atoms with van der Waals surface area (Å²) in [7, 11) is 0. The molecule has 24 heavy (non-hydrogen) atoms. The molecule has 126 valence electrons. The van der Waals surface area contributed by atoms with E-state index >= 15 is 0 Å².